The average molecular weight is 347 g/mol. The highest BCUT2D eigenvalue weighted by Crippen LogP contribution is 2.40. The zero-order valence-electron chi connectivity index (χ0n) is 14.3. The number of ether oxygens (including phenoxy) is 1. The van der Waals surface area contributed by atoms with Crippen molar-refractivity contribution in [1.82, 2.24) is 0 Å². The molecule has 0 saturated carbocycles. The smallest absolute Gasteiger partial charge is 0.248 e. The van der Waals surface area contributed by atoms with Gasteiger partial charge in [0.2, 0.25) is 5.91 Å². The van der Waals surface area contributed by atoms with Gasteiger partial charge in [0.15, 0.2) is 6.10 Å². The van der Waals surface area contributed by atoms with Gasteiger partial charge in [-0.15, -0.1) is 0 Å². The largest absolute Gasteiger partial charge is 0.381 e. The maximum atomic E-state index is 11.3. The van der Waals surface area contributed by atoms with Gasteiger partial charge in [-0.1, -0.05) is 91.0 Å². The van der Waals surface area contributed by atoms with Crippen LogP contribution in [0.15, 0.2) is 91.0 Å². The van der Waals surface area contributed by atoms with Crippen LogP contribution in [0, 0.1) is 0 Å². The zero-order valence-corrected chi connectivity index (χ0v) is 14.3. The molecule has 0 aliphatic carbocycles. The molecule has 0 aliphatic heterocycles. The molecule has 3 N–H and O–H groups in total. The van der Waals surface area contributed by atoms with Gasteiger partial charge in [-0.2, -0.15) is 0 Å². The third-order valence-corrected chi connectivity index (χ3v) is 4.33. The van der Waals surface area contributed by atoms with Crippen LogP contribution in [0.1, 0.15) is 16.7 Å². The number of carbonyl (C=O) groups is 1. The molecule has 0 heterocycles. The van der Waals surface area contributed by atoms with Gasteiger partial charge in [0.25, 0.3) is 0 Å². The summed E-state index contributed by atoms with van der Waals surface area (Å²) in [6.07, 6.45) is -1.38. The SMILES string of the molecule is NC(=O)C(O)COC(c1ccccc1)(c1ccccc1)c1ccccc1. The molecule has 0 radical (unpaired) electrons. The monoisotopic (exact) mass is 347 g/mol. The molecule has 1 amide bonds. The van der Waals surface area contributed by atoms with E-state index in [4.69, 9.17) is 10.5 Å². The molecule has 4 nitrogen and oxygen atoms in total. The average Bonchev–Trinajstić information content (AvgIpc) is 2.70. The van der Waals surface area contributed by atoms with E-state index in [0.717, 1.165) is 16.7 Å². The fourth-order valence-electron chi connectivity index (χ4n) is 3.05. The van der Waals surface area contributed by atoms with Crippen LogP contribution in [0.5, 0.6) is 0 Å². The minimum Gasteiger partial charge on any atom is -0.381 e. The zero-order chi connectivity index (χ0) is 18.4. The van der Waals surface area contributed by atoms with Crippen molar-refractivity contribution < 1.29 is 14.6 Å². The lowest BCUT2D eigenvalue weighted by molar-refractivity contribution is -0.131. The summed E-state index contributed by atoms with van der Waals surface area (Å²) in [5.74, 6) is -0.812. The van der Waals surface area contributed by atoms with Gasteiger partial charge in [-0.25, -0.2) is 0 Å². The summed E-state index contributed by atoms with van der Waals surface area (Å²) in [7, 11) is 0. The maximum Gasteiger partial charge on any atom is 0.248 e. The Balaban J connectivity index is 2.19. The van der Waals surface area contributed by atoms with Crippen LogP contribution in [0.4, 0.5) is 0 Å². The summed E-state index contributed by atoms with van der Waals surface area (Å²) in [5, 5.41) is 9.93. The molecule has 26 heavy (non-hydrogen) atoms. The molecule has 3 rings (SSSR count). The molecule has 4 heteroatoms. The molecule has 0 aromatic heterocycles. The highest BCUT2D eigenvalue weighted by Gasteiger charge is 2.38. The van der Waals surface area contributed by atoms with Crippen LogP contribution in [0.3, 0.4) is 0 Å². The Morgan fingerprint density at radius 2 is 1.15 bits per heavy atom. The highest BCUT2D eigenvalue weighted by molar-refractivity contribution is 5.78. The summed E-state index contributed by atoms with van der Waals surface area (Å²) in [6.45, 7) is -0.214. The van der Waals surface area contributed by atoms with Crippen molar-refractivity contribution in [1.29, 1.82) is 0 Å². The Hall–Kier alpha value is -2.95. The molecule has 1 unspecified atom stereocenters. The van der Waals surface area contributed by atoms with Crippen molar-refractivity contribution in [2.24, 2.45) is 5.73 Å². The summed E-state index contributed by atoms with van der Waals surface area (Å²) in [4.78, 5) is 11.3. The number of amides is 1. The summed E-state index contributed by atoms with van der Waals surface area (Å²) in [6, 6.07) is 29.2. The van der Waals surface area contributed by atoms with E-state index in [1.165, 1.54) is 0 Å². The molecule has 3 aromatic carbocycles. The van der Waals surface area contributed by atoms with Gasteiger partial charge in [0.1, 0.15) is 5.60 Å². The topological polar surface area (TPSA) is 72.6 Å². The predicted octanol–water partition coefficient (Wildman–Crippen LogP) is 2.84. The fourth-order valence-corrected chi connectivity index (χ4v) is 3.05. The van der Waals surface area contributed by atoms with E-state index in [1.54, 1.807) is 0 Å². The first-order valence-electron chi connectivity index (χ1n) is 8.42. The van der Waals surface area contributed by atoms with Gasteiger partial charge in [-0.05, 0) is 16.7 Å². The molecule has 132 valence electrons. The van der Waals surface area contributed by atoms with Gasteiger partial charge < -0.3 is 15.6 Å². The maximum absolute atomic E-state index is 11.3. The lowest BCUT2D eigenvalue weighted by Crippen LogP contribution is -2.39. The Labute approximate surface area is 152 Å². The first-order chi connectivity index (χ1) is 12.6. The number of aliphatic hydroxyl groups excluding tert-OH is 1. The van der Waals surface area contributed by atoms with Crippen molar-refractivity contribution in [3.63, 3.8) is 0 Å². The van der Waals surface area contributed by atoms with E-state index in [0.29, 0.717) is 0 Å². The number of primary amides is 1. The third kappa shape index (κ3) is 3.52. The molecular weight excluding hydrogens is 326 g/mol. The van der Waals surface area contributed by atoms with Crippen LogP contribution in [0.25, 0.3) is 0 Å². The molecule has 0 spiro atoms. The summed E-state index contributed by atoms with van der Waals surface area (Å²) in [5.41, 5.74) is 6.93. The van der Waals surface area contributed by atoms with E-state index in [9.17, 15) is 9.90 Å². The van der Waals surface area contributed by atoms with E-state index in [2.05, 4.69) is 0 Å². The van der Waals surface area contributed by atoms with Crippen LogP contribution in [-0.2, 0) is 15.1 Å². The number of carbonyl (C=O) groups excluding carboxylic acids is 1. The Morgan fingerprint density at radius 3 is 1.46 bits per heavy atom. The van der Waals surface area contributed by atoms with Crippen LogP contribution in [-0.4, -0.2) is 23.7 Å². The number of aliphatic hydroxyl groups is 1. The molecule has 3 aromatic rings. The molecule has 0 fully saturated rings. The normalized spacial score (nSPS) is 12.5. The van der Waals surface area contributed by atoms with Gasteiger partial charge in [0, 0.05) is 0 Å². The number of hydrogen-bond acceptors (Lipinski definition) is 3. The molecule has 0 saturated heterocycles. The minimum absolute atomic E-state index is 0.214. The fraction of sp³-hybridized carbons (Fsp3) is 0.136. The summed E-state index contributed by atoms with van der Waals surface area (Å²) < 4.78 is 6.26. The first-order valence-corrected chi connectivity index (χ1v) is 8.42. The number of benzene rings is 3. The van der Waals surface area contributed by atoms with Crippen molar-refractivity contribution in [3.05, 3.63) is 108 Å². The van der Waals surface area contributed by atoms with E-state index < -0.39 is 17.6 Å². The standard InChI is InChI=1S/C22H21NO3/c23-21(25)20(24)16-26-22(17-10-4-1-5-11-17,18-12-6-2-7-13-18)19-14-8-3-9-15-19/h1-15,20,24H,16H2,(H2,23,25). The Kier molecular flexibility index (Phi) is 5.46. The van der Waals surface area contributed by atoms with Crippen LogP contribution < -0.4 is 5.73 Å². The molecular formula is C22H21NO3. The number of rotatable bonds is 7. The van der Waals surface area contributed by atoms with Crippen molar-refractivity contribution >= 4 is 5.91 Å². The van der Waals surface area contributed by atoms with Crippen LogP contribution in [0.2, 0.25) is 0 Å². The second kappa shape index (κ2) is 7.95. The van der Waals surface area contributed by atoms with Crippen molar-refractivity contribution in [2.75, 3.05) is 6.61 Å². The minimum atomic E-state index is -1.38. The summed E-state index contributed by atoms with van der Waals surface area (Å²) >= 11 is 0. The molecule has 1 atom stereocenters. The van der Waals surface area contributed by atoms with Crippen LogP contribution >= 0.6 is 0 Å². The third-order valence-electron chi connectivity index (χ3n) is 4.33. The van der Waals surface area contributed by atoms with E-state index >= 15 is 0 Å². The Morgan fingerprint density at radius 1 is 0.808 bits per heavy atom. The number of nitrogens with two attached hydrogens (primary N) is 1. The lowest BCUT2D eigenvalue weighted by atomic mass is 9.80. The van der Waals surface area contributed by atoms with Crippen molar-refractivity contribution in [2.45, 2.75) is 11.7 Å². The van der Waals surface area contributed by atoms with E-state index in [1.807, 2.05) is 91.0 Å². The lowest BCUT2D eigenvalue weighted by Gasteiger charge is -2.36. The Bertz CT molecular complexity index is 738. The molecule has 0 bridgehead atoms. The quantitative estimate of drug-likeness (QED) is 0.646. The van der Waals surface area contributed by atoms with Gasteiger partial charge >= 0.3 is 0 Å². The van der Waals surface area contributed by atoms with E-state index in [-0.39, 0.29) is 6.61 Å². The molecule has 0 aliphatic rings. The van der Waals surface area contributed by atoms with Gasteiger partial charge in [-0.3, -0.25) is 4.79 Å². The number of hydrogen-bond donors (Lipinski definition) is 2. The van der Waals surface area contributed by atoms with Gasteiger partial charge in [0.05, 0.1) is 6.61 Å². The second-order valence-corrected chi connectivity index (χ2v) is 6.01. The first kappa shape index (κ1) is 17.9. The second-order valence-electron chi connectivity index (χ2n) is 6.01. The highest BCUT2D eigenvalue weighted by atomic mass is 16.5. The predicted molar refractivity (Wildman–Crippen MR) is 100 cm³/mol. The van der Waals surface area contributed by atoms with Crippen molar-refractivity contribution in [3.8, 4) is 0 Å².